The molecule has 0 radical (unpaired) electrons. The Morgan fingerprint density at radius 3 is 1.82 bits per heavy atom. The van der Waals surface area contributed by atoms with E-state index in [1.54, 1.807) is 0 Å². The first-order chi connectivity index (χ1) is 33.3. The van der Waals surface area contributed by atoms with Crippen molar-refractivity contribution >= 4 is 63.6 Å². The lowest BCUT2D eigenvalue weighted by atomic mass is 10.0. The van der Waals surface area contributed by atoms with Gasteiger partial charge in [0.05, 0.1) is 28.8 Å². The third kappa shape index (κ3) is 13.8. The number of hydrogen-bond donors (Lipinski definition) is 4. The molecule has 354 valence electrons. The van der Waals surface area contributed by atoms with Crippen LogP contribution in [-0.4, -0.2) is 94.4 Å². The first-order valence-corrected chi connectivity index (χ1v) is 24.7. The fraction of sp³-hybridized carbons (Fsp3) is 0.333. The highest BCUT2D eigenvalue weighted by atomic mass is 35.5. The highest BCUT2D eigenvalue weighted by molar-refractivity contribution is 6.28. The Bertz CT molecular complexity index is 2610. The van der Waals surface area contributed by atoms with Crippen LogP contribution in [-0.2, 0) is 11.3 Å². The van der Waals surface area contributed by atoms with E-state index in [9.17, 15) is 14.4 Å². The molecule has 0 saturated carbocycles. The number of piperidine rings is 1. The van der Waals surface area contributed by atoms with Crippen LogP contribution in [0, 0.1) is 0 Å². The maximum Gasteiger partial charge on any atom is 0.251 e. The zero-order valence-electron chi connectivity index (χ0n) is 38.5. The molecule has 0 bridgehead atoms. The summed E-state index contributed by atoms with van der Waals surface area (Å²) in [6.07, 6.45) is 6.01. The van der Waals surface area contributed by atoms with Gasteiger partial charge in [0.1, 0.15) is 23.5 Å². The summed E-state index contributed by atoms with van der Waals surface area (Å²) in [6.45, 7) is 3.49. The average molecular weight is 955 g/mol. The van der Waals surface area contributed by atoms with Gasteiger partial charge >= 0.3 is 0 Å². The smallest absolute Gasteiger partial charge is 0.251 e. The average Bonchev–Trinajstić information content (AvgIpc) is 3.77. The van der Waals surface area contributed by atoms with Crippen LogP contribution in [0.2, 0.25) is 0 Å². The van der Waals surface area contributed by atoms with E-state index in [2.05, 4.69) is 25.5 Å². The minimum Gasteiger partial charge on any atom is -0.386 e. The van der Waals surface area contributed by atoms with Crippen LogP contribution in [0.4, 0.5) is 0 Å². The van der Waals surface area contributed by atoms with E-state index in [-0.39, 0.29) is 29.5 Å². The number of halogens is 2. The molecule has 1 aliphatic rings. The molecule has 1 aliphatic heterocycles. The second-order valence-electron chi connectivity index (χ2n) is 17.0. The van der Waals surface area contributed by atoms with Gasteiger partial charge in [0, 0.05) is 50.4 Å². The number of aliphatic imine (C=N–C) groups is 2. The predicted octanol–water partition coefficient (Wildman–Crippen LogP) is 9.43. The fourth-order valence-corrected chi connectivity index (χ4v) is 8.78. The number of amidine groups is 2. The quantitative estimate of drug-likeness (QED) is 0.0230. The topological polar surface area (TPSA) is 159 Å². The van der Waals surface area contributed by atoms with Crippen molar-refractivity contribution in [2.75, 3.05) is 44.5 Å². The third-order valence-corrected chi connectivity index (χ3v) is 12.7. The maximum absolute atomic E-state index is 13.9. The maximum atomic E-state index is 13.9. The summed E-state index contributed by atoms with van der Waals surface area (Å²) in [4.78, 5) is 57.4. The summed E-state index contributed by atoms with van der Waals surface area (Å²) < 4.78 is 2.17. The molecule has 14 heteroatoms. The Labute approximate surface area is 409 Å². The van der Waals surface area contributed by atoms with E-state index in [1.807, 2.05) is 138 Å². The number of nitrogens with one attached hydrogen (secondary N) is 3. The number of likely N-dealkylation sites (tertiary alicyclic amines) is 1. The van der Waals surface area contributed by atoms with Crippen LogP contribution in [0.25, 0.3) is 33.3 Å². The minimum atomic E-state index is -0.655. The van der Waals surface area contributed by atoms with Crippen LogP contribution >= 0.6 is 23.2 Å². The molecule has 5 N–H and O–H groups in total. The van der Waals surface area contributed by atoms with Crippen molar-refractivity contribution in [3.8, 4) is 22.3 Å². The molecule has 68 heavy (non-hydrogen) atoms. The Kier molecular flexibility index (Phi) is 18.6. The van der Waals surface area contributed by atoms with Gasteiger partial charge in [-0.15, -0.1) is 23.2 Å². The molecule has 0 aliphatic carbocycles. The van der Waals surface area contributed by atoms with Crippen molar-refractivity contribution in [1.29, 1.82) is 0 Å². The first kappa shape index (κ1) is 49.4. The number of benzene rings is 5. The number of carbonyl (C=O) groups is 3. The van der Waals surface area contributed by atoms with Crippen molar-refractivity contribution in [3.05, 3.63) is 150 Å². The van der Waals surface area contributed by atoms with Crippen LogP contribution in [0.1, 0.15) is 83.9 Å². The van der Waals surface area contributed by atoms with Crippen molar-refractivity contribution in [2.24, 2.45) is 15.7 Å². The van der Waals surface area contributed by atoms with Gasteiger partial charge < -0.3 is 31.2 Å². The normalized spacial score (nSPS) is 14.1. The lowest BCUT2D eigenvalue weighted by Crippen LogP contribution is -2.50. The highest BCUT2D eigenvalue weighted by Crippen LogP contribution is 2.26. The Hall–Kier alpha value is -6.50. The van der Waals surface area contributed by atoms with Gasteiger partial charge in [-0.3, -0.25) is 24.4 Å². The number of fused-ring (bicyclic) bond motifs is 1. The number of para-hydroxylation sites is 2. The van der Waals surface area contributed by atoms with E-state index in [0.29, 0.717) is 94.2 Å². The third-order valence-electron chi connectivity index (χ3n) is 12.2. The van der Waals surface area contributed by atoms with Gasteiger partial charge in [0.15, 0.2) is 0 Å². The number of alkyl halides is 2. The van der Waals surface area contributed by atoms with Crippen molar-refractivity contribution in [2.45, 2.75) is 70.0 Å². The Morgan fingerprint density at radius 1 is 0.632 bits per heavy atom. The molecular weight excluding hydrogens is 894 g/mol. The van der Waals surface area contributed by atoms with Gasteiger partial charge in [-0.05, 0) is 110 Å². The number of rotatable bonds is 22. The standard InChI is InChI=1S/C54H61Cl2N9O3/c55-37-49(57)58-31-12-20-46(62-52(66)43-27-23-41(24-28-43)39-15-4-1-5-16-39)51-61-45-19-8-9-22-48(45)65(51)36-14-33-60-50(38-56)59-32-13-21-47(54(68)64-34-10-3-11-35-64)63-53(67)44-29-25-42(26-30-44)40-17-6-2-7-18-40/h1-2,4-9,15-19,22-30,46-47H,3,10-14,20-21,31-38H2,(H2,57,58)(H,59,60)(H,62,66)(H,63,67)/t46-,47-/m0/s1. The fourth-order valence-electron chi connectivity index (χ4n) is 8.51. The number of aryl methyl sites for hydroxylation is 1. The van der Waals surface area contributed by atoms with E-state index >= 15 is 0 Å². The number of carbonyl (C=O) groups excluding carboxylic acids is 3. The molecule has 1 fully saturated rings. The number of imidazole rings is 1. The van der Waals surface area contributed by atoms with Crippen molar-refractivity contribution < 1.29 is 14.4 Å². The van der Waals surface area contributed by atoms with Crippen LogP contribution < -0.4 is 21.7 Å². The molecule has 5 aromatic carbocycles. The largest absolute Gasteiger partial charge is 0.386 e. The molecule has 12 nitrogen and oxygen atoms in total. The summed E-state index contributed by atoms with van der Waals surface area (Å²) in [6, 6.07) is 42.1. The van der Waals surface area contributed by atoms with Gasteiger partial charge in [0.2, 0.25) is 5.91 Å². The molecule has 7 rings (SSSR count). The van der Waals surface area contributed by atoms with E-state index < -0.39 is 12.1 Å². The lowest BCUT2D eigenvalue weighted by molar-refractivity contribution is -0.134. The molecule has 2 heterocycles. The summed E-state index contributed by atoms with van der Waals surface area (Å²) in [5.41, 5.74) is 13.0. The van der Waals surface area contributed by atoms with E-state index in [4.69, 9.17) is 38.9 Å². The van der Waals surface area contributed by atoms with E-state index in [0.717, 1.165) is 58.4 Å². The van der Waals surface area contributed by atoms with Gasteiger partial charge in [-0.2, -0.15) is 0 Å². The predicted molar refractivity (Wildman–Crippen MR) is 277 cm³/mol. The number of aromatic nitrogens is 2. The highest BCUT2D eigenvalue weighted by Gasteiger charge is 2.27. The molecule has 2 atom stereocenters. The zero-order valence-corrected chi connectivity index (χ0v) is 40.0. The molecule has 1 aromatic heterocycles. The Morgan fingerprint density at radius 2 is 1.21 bits per heavy atom. The van der Waals surface area contributed by atoms with Gasteiger partial charge in [-0.25, -0.2) is 4.98 Å². The van der Waals surface area contributed by atoms with Crippen LogP contribution in [0.5, 0.6) is 0 Å². The lowest BCUT2D eigenvalue weighted by Gasteiger charge is -2.31. The molecule has 0 unspecified atom stereocenters. The Balaban J connectivity index is 0.979. The summed E-state index contributed by atoms with van der Waals surface area (Å²) in [5.74, 6) is 1.63. The minimum absolute atomic E-state index is 0.0413. The first-order valence-electron chi connectivity index (χ1n) is 23.7. The molecule has 0 spiro atoms. The summed E-state index contributed by atoms with van der Waals surface area (Å²) >= 11 is 12.3. The SMILES string of the molecule is NC(CCl)=NCCC[C@H](NC(=O)c1ccc(-c2ccccc2)cc1)c1nc2ccccc2n1CCCN=C(CCl)NCCC[C@H](NC(=O)c1ccc(-c2ccccc2)cc1)C(=O)N1CCCCC1. The zero-order chi connectivity index (χ0) is 47.5. The molecule has 1 saturated heterocycles. The van der Waals surface area contributed by atoms with E-state index in [1.165, 1.54) is 0 Å². The molecular formula is C54H61Cl2N9O3. The molecule has 6 aromatic rings. The second-order valence-corrected chi connectivity index (χ2v) is 17.5. The van der Waals surface area contributed by atoms with Gasteiger partial charge in [0.25, 0.3) is 11.8 Å². The summed E-state index contributed by atoms with van der Waals surface area (Å²) in [5, 5.41) is 9.73. The van der Waals surface area contributed by atoms with Crippen molar-refractivity contribution in [1.82, 2.24) is 30.4 Å². The number of nitrogens with zero attached hydrogens (tertiary/aromatic N) is 5. The number of nitrogens with two attached hydrogens (primary N) is 1. The van der Waals surface area contributed by atoms with Crippen molar-refractivity contribution in [3.63, 3.8) is 0 Å². The van der Waals surface area contributed by atoms with Gasteiger partial charge in [-0.1, -0.05) is 97.1 Å². The number of amides is 3. The second kappa shape index (κ2) is 25.6. The summed E-state index contributed by atoms with van der Waals surface area (Å²) in [7, 11) is 0. The van der Waals surface area contributed by atoms with Crippen LogP contribution in [0.15, 0.2) is 143 Å². The number of hydrogen-bond acceptors (Lipinski definition) is 6. The molecule has 3 amide bonds. The van der Waals surface area contributed by atoms with Crippen LogP contribution in [0.3, 0.4) is 0 Å². The monoisotopic (exact) mass is 953 g/mol.